The van der Waals surface area contributed by atoms with Gasteiger partial charge in [-0.3, -0.25) is 4.79 Å². The third kappa shape index (κ3) is 3.15. The predicted octanol–water partition coefficient (Wildman–Crippen LogP) is 1.99. The van der Waals surface area contributed by atoms with Crippen LogP contribution in [0.4, 0.5) is 0 Å². The zero-order chi connectivity index (χ0) is 13.0. The Bertz CT molecular complexity index is 417. The number of fused-ring (bicyclic) bond motifs is 1. The van der Waals surface area contributed by atoms with Gasteiger partial charge in [0.05, 0.1) is 0 Å². The number of nitrogens with one attached hydrogen (secondary N) is 1. The number of hydrogen-bond donors (Lipinski definition) is 1. The van der Waals surface area contributed by atoms with Gasteiger partial charge in [0.1, 0.15) is 6.61 Å². The zero-order valence-electron chi connectivity index (χ0n) is 10.8. The van der Waals surface area contributed by atoms with Crippen LogP contribution in [-0.4, -0.2) is 25.2 Å². The first-order valence-electron chi connectivity index (χ1n) is 6.33. The largest absolute Gasteiger partial charge is 0.485 e. The van der Waals surface area contributed by atoms with Gasteiger partial charge in [0, 0.05) is 6.54 Å². The van der Waals surface area contributed by atoms with Gasteiger partial charge in [-0.1, -0.05) is 26.0 Å². The molecule has 1 aliphatic rings. The number of amides is 1. The van der Waals surface area contributed by atoms with Crippen LogP contribution in [0.3, 0.4) is 0 Å². The first kappa shape index (κ1) is 12.7. The molecule has 0 aliphatic carbocycles. The molecule has 98 valence electrons. The molecule has 4 nitrogen and oxygen atoms in total. The van der Waals surface area contributed by atoms with Crippen molar-refractivity contribution >= 4 is 5.91 Å². The third-order valence-corrected chi connectivity index (χ3v) is 2.82. The highest BCUT2D eigenvalue weighted by atomic mass is 16.6. The number of carbonyl (C=O) groups excluding carboxylic acids is 1. The predicted molar refractivity (Wildman–Crippen MR) is 68.8 cm³/mol. The Morgan fingerprint density at radius 1 is 1.39 bits per heavy atom. The van der Waals surface area contributed by atoms with Gasteiger partial charge in [0.15, 0.2) is 11.5 Å². The van der Waals surface area contributed by atoms with E-state index in [1.54, 1.807) is 0 Å². The normalized spacial score (nSPS) is 17.6. The highest BCUT2D eigenvalue weighted by molar-refractivity contribution is 5.81. The molecular formula is C14H19NO3. The second kappa shape index (κ2) is 5.76. The van der Waals surface area contributed by atoms with Gasteiger partial charge in [-0.05, 0) is 24.5 Å². The van der Waals surface area contributed by atoms with Crippen molar-refractivity contribution in [2.24, 2.45) is 5.92 Å². The Morgan fingerprint density at radius 2 is 2.11 bits per heavy atom. The first-order valence-corrected chi connectivity index (χ1v) is 6.33. The number of rotatable bonds is 4. The van der Waals surface area contributed by atoms with Crippen LogP contribution in [0.25, 0.3) is 0 Å². The van der Waals surface area contributed by atoms with E-state index in [-0.39, 0.29) is 12.5 Å². The van der Waals surface area contributed by atoms with Gasteiger partial charge in [-0.15, -0.1) is 0 Å². The molecule has 0 unspecified atom stereocenters. The van der Waals surface area contributed by atoms with Crippen LogP contribution < -0.4 is 14.8 Å². The van der Waals surface area contributed by atoms with Crippen LogP contribution in [0.2, 0.25) is 0 Å². The summed E-state index contributed by atoms with van der Waals surface area (Å²) in [4.78, 5) is 11.9. The monoisotopic (exact) mass is 249 g/mol. The second-order valence-electron chi connectivity index (χ2n) is 4.84. The van der Waals surface area contributed by atoms with E-state index in [0.29, 0.717) is 24.0 Å². The fraction of sp³-hybridized carbons (Fsp3) is 0.500. The molecule has 0 saturated carbocycles. The van der Waals surface area contributed by atoms with Crippen LogP contribution >= 0.6 is 0 Å². The van der Waals surface area contributed by atoms with Crippen molar-refractivity contribution < 1.29 is 14.3 Å². The molecule has 0 radical (unpaired) electrons. The van der Waals surface area contributed by atoms with Crippen LogP contribution in [0, 0.1) is 5.92 Å². The number of para-hydroxylation sites is 2. The fourth-order valence-electron chi connectivity index (χ4n) is 1.75. The number of hydrogen-bond acceptors (Lipinski definition) is 3. The molecule has 1 heterocycles. The fourth-order valence-corrected chi connectivity index (χ4v) is 1.75. The van der Waals surface area contributed by atoms with E-state index in [1.165, 1.54) is 0 Å². The maximum atomic E-state index is 11.9. The average Bonchev–Trinajstić information content (AvgIpc) is 2.37. The summed E-state index contributed by atoms with van der Waals surface area (Å²) >= 11 is 0. The molecule has 0 saturated heterocycles. The molecule has 0 bridgehead atoms. The summed E-state index contributed by atoms with van der Waals surface area (Å²) in [7, 11) is 0. The Kier molecular flexibility index (Phi) is 4.07. The van der Waals surface area contributed by atoms with E-state index >= 15 is 0 Å². The molecule has 0 spiro atoms. The SMILES string of the molecule is CC(C)CCNC(=O)[C@H]1COc2ccccc2O1. The molecule has 1 aromatic carbocycles. The standard InChI is InChI=1S/C14H19NO3/c1-10(2)7-8-15-14(16)13-9-17-11-5-3-4-6-12(11)18-13/h3-6,10,13H,7-9H2,1-2H3,(H,15,16)/t13-/m1/s1. The molecule has 1 N–H and O–H groups in total. The van der Waals surface area contributed by atoms with Crippen LogP contribution in [0.1, 0.15) is 20.3 Å². The van der Waals surface area contributed by atoms with Crippen LogP contribution in [-0.2, 0) is 4.79 Å². The van der Waals surface area contributed by atoms with Crippen molar-refractivity contribution in [3.8, 4) is 11.5 Å². The van der Waals surface area contributed by atoms with Gasteiger partial charge in [0.25, 0.3) is 5.91 Å². The van der Waals surface area contributed by atoms with Crippen molar-refractivity contribution in [2.75, 3.05) is 13.2 Å². The number of carbonyl (C=O) groups is 1. The lowest BCUT2D eigenvalue weighted by atomic mass is 10.1. The van der Waals surface area contributed by atoms with Crippen LogP contribution in [0.5, 0.6) is 11.5 Å². The third-order valence-electron chi connectivity index (χ3n) is 2.82. The van der Waals surface area contributed by atoms with E-state index in [1.807, 2.05) is 24.3 Å². The van der Waals surface area contributed by atoms with Gasteiger partial charge < -0.3 is 14.8 Å². The summed E-state index contributed by atoms with van der Waals surface area (Å²) in [5.74, 6) is 1.80. The summed E-state index contributed by atoms with van der Waals surface area (Å²) in [5, 5.41) is 2.87. The number of benzene rings is 1. The molecule has 1 aliphatic heterocycles. The van der Waals surface area contributed by atoms with E-state index < -0.39 is 6.10 Å². The molecule has 4 heteroatoms. The lowest BCUT2D eigenvalue weighted by Gasteiger charge is -2.25. The van der Waals surface area contributed by atoms with E-state index in [0.717, 1.165) is 6.42 Å². The summed E-state index contributed by atoms with van der Waals surface area (Å²) in [6, 6.07) is 7.39. The minimum absolute atomic E-state index is 0.106. The summed E-state index contributed by atoms with van der Waals surface area (Å²) in [5.41, 5.74) is 0. The van der Waals surface area contributed by atoms with Gasteiger partial charge >= 0.3 is 0 Å². The lowest BCUT2D eigenvalue weighted by Crippen LogP contribution is -2.44. The molecule has 18 heavy (non-hydrogen) atoms. The minimum Gasteiger partial charge on any atom is -0.485 e. The second-order valence-corrected chi connectivity index (χ2v) is 4.84. The maximum absolute atomic E-state index is 11.9. The number of ether oxygens (including phenoxy) is 2. The highest BCUT2D eigenvalue weighted by Gasteiger charge is 2.26. The van der Waals surface area contributed by atoms with Crippen molar-refractivity contribution in [2.45, 2.75) is 26.4 Å². The summed E-state index contributed by atoms with van der Waals surface area (Å²) in [6.45, 7) is 5.20. The minimum atomic E-state index is -0.549. The van der Waals surface area contributed by atoms with Crippen molar-refractivity contribution in [1.29, 1.82) is 0 Å². The first-order chi connectivity index (χ1) is 8.66. The zero-order valence-corrected chi connectivity index (χ0v) is 10.8. The van der Waals surface area contributed by atoms with E-state index in [9.17, 15) is 4.79 Å². The van der Waals surface area contributed by atoms with Crippen LogP contribution in [0.15, 0.2) is 24.3 Å². The van der Waals surface area contributed by atoms with Crippen molar-refractivity contribution in [3.63, 3.8) is 0 Å². The molecular weight excluding hydrogens is 230 g/mol. The van der Waals surface area contributed by atoms with Crippen molar-refractivity contribution in [1.82, 2.24) is 5.32 Å². The molecule has 1 aromatic rings. The van der Waals surface area contributed by atoms with E-state index in [2.05, 4.69) is 19.2 Å². The Morgan fingerprint density at radius 3 is 2.83 bits per heavy atom. The van der Waals surface area contributed by atoms with Crippen molar-refractivity contribution in [3.05, 3.63) is 24.3 Å². The van der Waals surface area contributed by atoms with Gasteiger partial charge in [0.2, 0.25) is 6.10 Å². The van der Waals surface area contributed by atoms with E-state index in [4.69, 9.17) is 9.47 Å². The maximum Gasteiger partial charge on any atom is 0.264 e. The molecule has 1 atom stereocenters. The smallest absolute Gasteiger partial charge is 0.264 e. The summed E-state index contributed by atoms with van der Waals surface area (Å²) in [6.07, 6.45) is 0.419. The van der Waals surface area contributed by atoms with Gasteiger partial charge in [-0.25, -0.2) is 0 Å². The topological polar surface area (TPSA) is 47.6 Å². The Labute approximate surface area is 107 Å². The molecule has 1 amide bonds. The van der Waals surface area contributed by atoms with Gasteiger partial charge in [-0.2, -0.15) is 0 Å². The molecule has 2 rings (SSSR count). The molecule has 0 aromatic heterocycles. The average molecular weight is 249 g/mol. The quantitative estimate of drug-likeness (QED) is 0.887. The Hall–Kier alpha value is -1.71. The Balaban J connectivity index is 1.87. The highest BCUT2D eigenvalue weighted by Crippen LogP contribution is 2.30. The summed E-state index contributed by atoms with van der Waals surface area (Å²) < 4.78 is 11.1. The lowest BCUT2D eigenvalue weighted by molar-refractivity contribution is -0.130. The molecule has 0 fully saturated rings.